The van der Waals surface area contributed by atoms with Crippen LogP contribution < -0.4 is 5.56 Å². The second-order valence-electron chi connectivity index (χ2n) is 7.64. The van der Waals surface area contributed by atoms with Gasteiger partial charge in [-0.3, -0.25) is 9.32 Å². The van der Waals surface area contributed by atoms with Gasteiger partial charge in [-0.1, -0.05) is 25.1 Å². The average Bonchev–Trinajstić information content (AvgIpc) is 3.11. The standard InChI is InChI=1S/C21H19N2O8P/c1-2-21(30-11-31-32(26,27)28)15-8-17-18-13(7-12-5-3-4-6-16(12)22-18)9-23(17)19(24)14(15)10-29-20(21)25/h3-8H,2,9-11H2,1H3,(H2,26,27,28). The predicted octanol–water partition coefficient (Wildman–Crippen LogP) is 2.17. The van der Waals surface area contributed by atoms with Crippen molar-refractivity contribution in [1.29, 1.82) is 0 Å². The van der Waals surface area contributed by atoms with Crippen LogP contribution in [0.1, 0.15) is 30.0 Å². The topological polar surface area (TPSA) is 137 Å². The van der Waals surface area contributed by atoms with E-state index in [2.05, 4.69) is 4.52 Å². The Balaban J connectivity index is 1.67. The van der Waals surface area contributed by atoms with Crippen molar-refractivity contribution in [1.82, 2.24) is 9.55 Å². The number of aromatic nitrogens is 2. The third-order valence-corrected chi connectivity index (χ3v) is 6.35. The molecule has 166 valence electrons. The number of phosphoric ester groups is 1. The molecule has 10 nitrogen and oxygen atoms in total. The van der Waals surface area contributed by atoms with Gasteiger partial charge in [0.2, 0.25) is 0 Å². The molecule has 2 aliphatic rings. The third kappa shape index (κ3) is 3.19. The molecule has 2 aromatic heterocycles. The zero-order chi connectivity index (χ0) is 22.7. The van der Waals surface area contributed by atoms with Crippen molar-refractivity contribution in [2.45, 2.75) is 32.1 Å². The Morgan fingerprint density at radius 2 is 2.03 bits per heavy atom. The number of hydrogen-bond acceptors (Lipinski definition) is 7. The van der Waals surface area contributed by atoms with Gasteiger partial charge in [0.05, 0.1) is 29.0 Å². The quantitative estimate of drug-likeness (QED) is 0.262. The molecule has 0 amide bonds. The fraction of sp³-hybridized carbons (Fsp3) is 0.286. The number of cyclic esters (lactones) is 1. The number of phosphoric acid groups is 1. The first-order chi connectivity index (χ1) is 15.2. The summed E-state index contributed by atoms with van der Waals surface area (Å²) in [4.78, 5) is 48.8. The monoisotopic (exact) mass is 458 g/mol. The smallest absolute Gasteiger partial charge is 0.458 e. The third-order valence-electron chi connectivity index (χ3n) is 5.91. The molecule has 4 heterocycles. The zero-order valence-corrected chi connectivity index (χ0v) is 17.9. The first-order valence-corrected chi connectivity index (χ1v) is 11.4. The number of fused-ring (bicyclic) bond motifs is 5. The van der Waals surface area contributed by atoms with Gasteiger partial charge in [-0.25, -0.2) is 14.3 Å². The van der Waals surface area contributed by atoms with Gasteiger partial charge >= 0.3 is 13.8 Å². The number of pyridine rings is 2. The summed E-state index contributed by atoms with van der Waals surface area (Å²) in [6, 6.07) is 11.3. The van der Waals surface area contributed by atoms with Crippen LogP contribution in [0, 0.1) is 0 Å². The molecular formula is C21H19N2O8P. The van der Waals surface area contributed by atoms with Crippen LogP contribution >= 0.6 is 7.82 Å². The highest BCUT2D eigenvalue weighted by Gasteiger charge is 2.48. The fourth-order valence-electron chi connectivity index (χ4n) is 4.35. The molecule has 0 saturated carbocycles. The predicted molar refractivity (Wildman–Crippen MR) is 111 cm³/mol. The van der Waals surface area contributed by atoms with Gasteiger partial charge in [0.15, 0.2) is 12.4 Å². The molecule has 32 heavy (non-hydrogen) atoms. The van der Waals surface area contributed by atoms with Crippen molar-refractivity contribution in [3.05, 3.63) is 63.4 Å². The van der Waals surface area contributed by atoms with Crippen molar-refractivity contribution >= 4 is 24.7 Å². The number of benzene rings is 1. The van der Waals surface area contributed by atoms with Gasteiger partial charge < -0.3 is 23.8 Å². The van der Waals surface area contributed by atoms with Gasteiger partial charge in [0.25, 0.3) is 5.56 Å². The molecule has 3 aromatic rings. The Morgan fingerprint density at radius 3 is 2.78 bits per heavy atom. The van der Waals surface area contributed by atoms with E-state index in [0.29, 0.717) is 23.5 Å². The highest BCUT2D eigenvalue weighted by Crippen LogP contribution is 2.42. The lowest BCUT2D eigenvalue weighted by Gasteiger charge is -2.35. The van der Waals surface area contributed by atoms with E-state index in [-0.39, 0.29) is 24.2 Å². The summed E-state index contributed by atoms with van der Waals surface area (Å²) >= 11 is 0. The molecule has 1 unspecified atom stereocenters. The van der Waals surface area contributed by atoms with Gasteiger partial charge in [0, 0.05) is 16.5 Å². The van der Waals surface area contributed by atoms with E-state index in [0.717, 1.165) is 16.5 Å². The summed E-state index contributed by atoms with van der Waals surface area (Å²) in [6.07, 6.45) is 0.0598. The number of carbonyl (C=O) groups is 1. The minimum absolute atomic E-state index is 0.0598. The SMILES string of the molecule is CCC1(OCOP(=O)(O)O)C(=O)OCc2c1cc1n(c2=O)Cc2cc3ccccc3nc2-1. The highest BCUT2D eigenvalue weighted by atomic mass is 31.2. The molecule has 0 fully saturated rings. The van der Waals surface area contributed by atoms with Gasteiger partial charge in [-0.2, -0.15) is 0 Å². The second-order valence-corrected chi connectivity index (χ2v) is 8.88. The number of nitrogens with zero attached hydrogens (tertiary/aromatic N) is 2. The van der Waals surface area contributed by atoms with Crippen molar-refractivity contribution in [2.75, 3.05) is 6.79 Å². The Morgan fingerprint density at radius 1 is 1.25 bits per heavy atom. The maximum Gasteiger partial charge on any atom is 0.471 e. The Bertz CT molecular complexity index is 1380. The molecule has 1 atom stereocenters. The maximum absolute atomic E-state index is 13.3. The normalized spacial score (nSPS) is 19.4. The minimum atomic E-state index is -4.82. The Kier molecular flexibility index (Phi) is 4.81. The molecule has 0 radical (unpaired) electrons. The van der Waals surface area contributed by atoms with Crippen LogP contribution in [-0.4, -0.2) is 32.1 Å². The number of rotatable bonds is 5. The van der Waals surface area contributed by atoms with E-state index in [1.54, 1.807) is 17.6 Å². The highest BCUT2D eigenvalue weighted by molar-refractivity contribution is 7.46. The lowest BCUT2D eigenvalue weighted by atomic mass is 9.85. The van der Waals surface area contributed by atoms with Crippen LogP contribution in [0.25, 0.3) is 22.3 Å². The molecule has 5 rings (SSSR count). The van der Waals surface area contributed by atoms with Crippen molar-refractivity contribution in [2.24, 2.45) is 0 Å². The molecule has 0 spiro atoms. The summed E-state index contributed by atoms with van der Waals surface area (Å²) in [5.74, 6) is -0.754. The maximum atomic E-state index is 13.3. The largest absolute Gasteiger partial charge is 0.471 e. The lowest BCUT2D eigenvalue weighted by Crippen LogP contribution is -2.46. The molecule has 2 aliphatic heterocycles. The van der Waals surface area contributed by atoms with E-state index in [9.17, 15) is 14.2 Å². The molecule has 1 aromatic carbocycles. The molecule has 0 saturated heterocycles. The first-order valence-electron chi connectivity index (χ1n) is 9.91. The van der Waals surface area contributed by atoms with Crippen LogP contribution in [0.5, 0.6) is 0 Å². The van der Waals surface area contributed by atoms with E-state index < -0.39 is 26.2 Å². The van der Waals surface area contributed by atoms with E-state index in [4.69, 9.17) is 24.2 Å². The summed E-state index contributed by atoms with van der Waals surface area (Å²) in [5.41, 5.74) is 1.32. The molecule has 0 bridgehead atoms. The van der Waals surface area contributed by atoms with E-state index in [1.807, 2.05) is 30.3 Å². The summed E-state index contributed by atoms with van der Waals surface area (Å²) in [5, 5.41) is 0.955. The average molecular weight is 458 g/mol. The second kappa shape index (κ2) is 7.33. The van der Waals surface area contributed by atoms with Crippen molar-refractivity contribution in [3.63, 3.8) is 0 Å². The van der Waals surface area contributed by atoms with Crippen LogP contribution in [0.4, 0.5) is 0 Å². The van der Waals surface area contributed by atoms with Crippen LogP contribution in [-0.2, 0) is 42.1 Å². The molecular weight excluding hydrogens is 439 g/mol. The number of hydrogen-bond donors (Lipinski definition) is 2. The number of carbonyl (C=O) groups excluding carboxylic acids is 1. The van der Waals surface area contributed by atoms with Crippen molar-refractivity contribution in [3.8, 4) is 11.4 Å². The summed E-state index contributed by atoms with van der Waals surface area (Å²) in [7, 11) is -4.82. The minimum Gasteiger partial charge on any atom is -0.458 e. The van der Waals surface area contributed by atoms with Crippen molar-refractivity contribution < 1.29 is 33.1 Å². The summed E-state index contributed by atoms with van der Waals surface area (Å²) < 4.78 is 27.8. The van der Waals surface area contributed by atoms with E-state index in [1.165, 1.54) is 0 Å². The van der Waals surface area contributed by atoms with Crippen LogP contribution in [0.3, 0.4) is 0 Å². The van der Waals surface area contributed by atoms with Gasteiger partial charge in [-0.05, 0) is 24.6 Å². The van der Waals surface area contributed by atoms with Gasteiger partial charge in [0.1, 0.15) is 6.61 Å². The molecule has 11 heteroatoms. The Hall–Kier alpha value is -2.88. The molecule has 0 aliphatic carbocycles. The number of ether oxygens (including phenoxy) is 2. The van der Waals surface area contributed by atoms with Crippen LogP contribution in [0.15, 0.2) is 41.2 Å². The fourth-order valence-corrected chi connectivity index (χ4v) is 4.54. The zero-order valence-electron chi connectivity index (χ0n) is 17.0. The van der Waals surface area contributed by atoms with Gasteiger partial charge in [-0.15, -0.1) is 0 Å². The summed E-state index contributed by atoms with van der Waals surface area (Å²) in [6.45, 7) is 0.913. The molecule has 2 N–H and O–H groups in total. The van der Waals surface area contributed by atoms with Crippen LogP contribution in [0.2, 0.25) is 0 Å². The lowest BCUT2D eigenvalue weighted by molar-refractivity contribution is -0.192. The van der Waals surface area contributed by atoms with E-state index >= 15 is 0 Å². The number of para-hydroxylation sites is 1. The first kappa shape index (κ1) is 21.0. The Labute approximate surface area is 181 Å². The number of esters is 1.